The zero-order chi connectivity index (χ0) is 37.7. The summed E-state index contributed by atoms with van der Waals surface area (Å²) < 4.78 is 13.6. The molecule has 2 aromatic heterocycles. The van der Waals surface area contributed by atoms with Crippen LogP contribution in [0.25, 0.3) is 22.2 Å². The Kier molecular flexibility index (Phi) is 8.75. The molecule has 0 saturated carbocycles. The van der Waals surface area contributed by atoms with Crippen molar-refractivity contribution < 1.29 is 19.1 Å². The lowest BCUT2D eigenvalue weighted by Crippen LogP contribution is -2.62. The van der Waals surface area contributed by atoms with Crippen LogP contribution in [0.3, 0.4) is 0 Å². The first kappa shape index (κ1) is 35.1. The Hall–Kier alpha value is -5.96. The standard InChI is InChI=1S/C45H45N5O4/c1-31(2)53-39-24-21-32(28-46-39)40-37-27-36(49-26-25-44(41(49)51)29-48(30-44)42(52)54-43(3,4)5)22-23-38(37)50(47-40)45(33-15-9-6-10-16-33,34-17-11-7-12-18-34)35-19-13-8-14-20-35/h6-24,27-28,31H,25-26,29-30H2,1-5H3. The first-order valence-electron chi connectivity index (χ1n) is 18.6. The van der Waals surface area contributed by atoms with E-state index in [4.69, 9.17) is 14.6 Å². The Bertz CT molecular complexity index is 2200. The van der Waals surface area contributed by atoms with Crippen LogP contribution in [-0.2, 0) is 15.1 Å². The van der Waals surface area contributed by atoms with Gasteiger partial charge in [-0.15, -0.1) is 0 Å². The summed E-state index contributed by atoms with van der Waals surface area (Å²) in [4.78, 5) is 35.1. The molecule has 0 bridgehead atoms. The first-order chi connectivity index (χ1) is 26.0. The van der Waals surface area contributed by atoms with Crippen molar-refractivity contribution in [1.29, 1.82) is 0 Å². The summed E-state index contributed by atoms with van der Waals surface area (Å²) in [6, 6.07) is 41.5. The van der Waals surface area contributed by atoms with E-state index in [-0.39, 0.29) is 18.1 Å². The number of ether oxygens (including phenoxy) is 2. The number of nitrogens with zero attached hydrogens (tertiary/aromatic N) is 5. The van der Waals surface area contributed by atoms with Crippen LogP contribution >= 0.6 is 0 Å². The number of rotatable bonds is 8. The molecule has 4 heterocycles. The maximum atomic E-state index is 14.2. The molecule has 0 radical (unpaired) electrons. The largest absolute Gasteiger partial charge is 0.475 e. The van der Waals surface area contributed by atoms with Crippen LogP contribution in [-0.4, -0.2) is 63.0 Å². The lowest BCUT2D eigenvalue weighted by atomic mass is 9.77. The van der Waals surface area contributed by atoms with Gasteiger partial charge in [-0.1, -0.05) is 91.0 Å². The fourth-order valence-corrected chi connectivity index (χ4v) is 7.98. The smallest absolute Gasteiger partial charge is 0.410 e. The van der Waals surface area contributed by atoms with Crippen molar-refractivity contribution in [2.75, 3.05) is 24.5 Å². The summed E-state index contributed by atoms with van der Waals surface area (Å²) in [5, 5.41) is 6.41. The maximum absolute atomic E-state index is 14.2. The van der Waals surface area contributed by atoms with Gasteiger partial charge in [0.1, 0.15) is 16.8 Å². The van der Waals surface area contributed by atoms with Gasteiger partial charge in [0, 0.05) is 48.5 Å². The summed E-state index contributed by atoms with van der Waals surface area (Å²) >= 11 is 0. The highest BCUT2D eigenvalue weighted by molar-refractivity contribution is 6.04. The second-order valence-corrected chi connectivity index (χ2v) is 15.6. The van der Waals surface area contributed by atoms with E-state index < -0.39 is 16.6 Å². The van der Waals surface area contributed by atoms with Crippen molar-refractivity contribution in [1.82, 2.24) is 19.7 Å². The van der Waals surface area contributed by atoms with E-state index in [9.17, 15) is 9.59 Å². The molecular weight excluding hydrogens is 675 g/mol. The molecule has 4 aromatic carbocycles. The van der Waals surface area contributed by atoms with Crippen LogP contribution < -0.4 is 9.64 Å². The second-order valence-electron chi connectivity index (χ2n) is 15.6. The molecule has 54 heavy (non-hydrogen) atoms. The molecule has 2 saturated heterocycles. The number of benzene rings is 4. The van der Waals surface area contributed by atoms with Gasteiger partial charge in [0.2, 0.25) is 11.8 Å². The van der Waals surface area contributed by atoms with Gasteiger partial charge in [-0.05, 0) is 82.0 Å². The van der Waals surface area contributed by atoms with E-state index in [1.807, 2.05) is 75.9 Å². The average Bonchev–Trinajstić information content (AvgIpc) is 3.70. The molecule has 2 aliphatic heterocycles. The number of carbonyl (C=O) groups is 2. The third-order valence-corrected chi connectivity index (χ3v) is 10.4. The summed E-state index contributed by atoms with van der Waals surface area (Å²) in [6.45, 7) is 10.8. The van der Waals surface area contributed by atoms with Gasteiger partial charge in [0.05, 0.1) is 17.0 Å². The Labute approximate surface area is 316 Å². The lowest BCUT2D eigenvalue weighted by molar-refractivity contribution is -0.134. The van der Waals surface area contributed by atoms with Crippen molar-refractivity contribution in [3.8, 4) is 17.1 Å². The molecule has 1 spiro atoms. The molecule has 0 aliphatic carbocycles. The zero-order valence-corrected chi connectivity index (χ0v) is 31.4. The van der Waals surface area contributed by atoms with E-state index in [2.05, 4.69) is 94.6 Å². The highest BCUT2D eigenvalue weighted by Gasteiger charge is 2.57. The highest BCUT2D eigenvalue weighted by atomic mass is 16.6. The predicted octanol–water partition coefficient (Wildman–Crippen LogP) is 8.70. The normalized spacial score (nSPS) is 15.6. The fourth-order valence-electron chi connectivity index (χ4n) is 7.98. The molecular formula is C45H45N5O4. The Balaban J connectivity index is 1.29. The van der Waals surface area contributed by atoms with Crippen LogP contribution in [0.1, 0.15) is 57.7 Å². The van der Waals surface area contributed by atoms with Crippen LogP contribution in [0, 0.1) is 5.41 Å². The molecule has 2 fully saturated rings. The minimum Gasteiger partial charge on any atom is -0.475 e. The van der Waals surface area contributed by atoms with E-state index in [1.165, 1.54) is 0 Å². The number of pyridine rings is 1. The summed E-state index contributed by atoms with van der Waals surface area (Å²) in [5.74, 6) is 0.568. The van der Waals surface area contributed by atoms with E-state index in [0.29, 0.717) is 31.9 Å². The first-order valence-corrected chi connectivity index (χ1v) is 18.6. The molecule has 0 N–H and O–H groups in total. The lowest BCUT2D eigenvalue weighted by Gasteiger charge is -2.46. The third-order valence-electron chi connectivity index (χ3n) is 10.4. The quantitative estimate of drug-likeness (QED) is 0.146. The Morgan fingerprint density at radius 2 is 1.39 bits per heavy atom. The Morgan fingerprint density at radius 3 is 1.91 bits per heavy atom. The van der Waals surface area contributed by atoms with Crippen molar-refractivity contribution in [2.45, 2.75) is 58.3 Å². The monoisotopic (exact) mass is 719 g/mol. The molecule has 0 unspecified atom stereocenters. The van der Waals surface area contributed by atoms with Gasteiger partial charge in [-0.2, -0.15) is 5.10 Å². The molecule has 8 rings (SSSR count). The number of aromatic nitrogens is 3. The molecule has 2 aliphatic rings. The van der Waals surface area contributed by atoms with Crippen LogP contribution in [0.5, 0.6) is 5.88 Å². The number of carbonyl (C=O) groups excluding carboxylic acids is 2. The Morgan fingerprint density at radius 1 is 0.796 bits per heavy atom. The van der Waals surface area contributed by atoms with Crippen LogP contribution in [0.4, 0.5) is 10.5 Å². The summed E-state index contributed by atoms with van der Waals surface area (Å²) in [7, 11) is 0. The zero-order valence-electron chi connectivity index (χ0n) is 31.4. The molecule has 0 atom stereocenters. The minimum atomic E-state index is -0.861. The maximum Gasteiger partial charge on any atom is 0.410 e. The third kappa shape index (κ3) is 6.07. The molecule has 9 nitrogen and oxygen atoms in total. The topological polar surface area (TPSA) is 89.8 Å². The number of amides is 2. The van der Waals surface area contributed by atoms with Gasteiger partial charge in [0.25, 0.3) is 0 Å². The number of hydrogen-bond acceptors (Lipinski definition) is 6. The summed E-state index contributed by atoms with van der Waals surface area (Å²) in [5.41, 5.74) is 4.34. The van der Waals surface area contributed by atoms with Crippen molar-refractivity contribution in [3.63, 3.8) is 0 Å². The fraction of sp³-hybridized carbons (Fsp3) is 0.289. The van der Waals surface area contributed by atoms with Gasteiger partial charge < -0.3 is 19.3 Å². The van der Waals surface area contributed by atoms with Gasteiger partial charge in [-0.3, -0.25) is 4.79 Å². The average molecular weight is 720 g/mol. The SMILES string of the molecule is CC(C)Oc1ccc(-c2nn(C(c3ccccc3)(c3ccccc3)c3ccccc3)c3ccc(N4CCC5(CN(C(=O)OC(C)(C)C)C5)C4=O)cc23)cn1. The molecule has 9 heteroatoms. The van der Waals surface area contributed by atoms with Crippen molar-refractivity contribution in [3.05, 3.63) is 144 Å². The van der Waals surface area contributed by atoms with Crippen LogP contribution in [0.15, 0.2) is 128 Å². The molecule has 274 valence electrons. The summed E-state index contributed by atoms with van der Waals surface area (Å²) in [6.07, 6.45) is 2.08. The minimum absolute atomic E-state index is 0.0117. The molecule has 2 amide bonds. The second kappa shape index (κ2) is 13.5. The van der Waals surface area contributed by atoms with E-state index >= 15 is 0 Å². The number of hydrogen-bond donors (Lipinski definition) is 0. The number of fused-ring (bicyclic) bond motifs is 1. The number of likely N-dealkylation sites (tertiary alicyclic amines) is 1. The highest BCUT2D eigenvalue weighted by Crippen LogP contribution is 2.47. The van der Waals surface area contributed by atoms with Gasteiger partial charge in [0.15, 0.2) is 0 Å². The van der Waals surface area contributed by atoms with E-state index in [0.717, 1.165) is 44.5 Å². The van der Waals surface area contributed by atoms with Crippen LogP contribution in [0.2, 0.25) is 0 Å². The van der Waals surface area contributed by atoms with Gasteiger partial charge in [-0.25, -0.2) is 14.5 Å². The number of anilines is 1. The van der Waals surface area contributed by atoms with Gasteiger partial charge >= 0.3 is 6.09 Å². The van der Waals surface area contributed by atoms with E-state index in [1.54, 1.807) is 11.1 Å². The van der Waals surface area contributed by atoms with Crippen molar-refractivity contribution in [2.24, 2.45) is 5.41 Å². The molecule has 6 aromatic rings. The predicted molar refractivity (Wildman–Crippen MR) is 211 cm³/mol. The van der Waals surface area contributed by atoms with Crippen molar-refractivity contribution >= 4 is 28.6 Å².